The maximum Gasteiger partial charge on any atom is 0.253 e. The van der Waals surface area contributed by atoms with Crippen LogP contribution in [0.1, 0.15) is 31.2 Å². The fourth-order valence-electron chi connectivity index (χ4n) is 2.99. The van der Waals surface area contributed by atoms with E-state index >= 15 is 0 Å². The standard InChI is InChI=1S/C17H23N3O3/c21-16(14-6-2-8-18-14)19-11-12-4-1-5-13(10-12)20-17(22)15-7-3-9-23-15/h1,4-5,10,14-15,18H,2-3,6-9,11H2,(H,19,21)(H,20,22). The van der Waals surface area contributed by atoms with Crippen LogP contribution in [-0.2, 0) is 20.9 Å². The molecule has 0 aliphatic carbocycles. The Morgan fingerprint density at radius 3 is 2.87 bits per heavy atom. The molecule has 3 rings (SSSR count). The summed E-state index contributed by atoms with van der Waals surface area (Å²) in [6.07, 6.45) is 3.30. The number of rotatable bonds is 5. The van der Waals surface area contributed by atoms with Gasteiger partial charge in [0.2, 0.25) is 5.91 Å². The van der Waals surface area contributed by atoms with Crippen molar-refractivity contribution in [1.82, 2.24) is 10.6 Å². The van der Waals surface area contributed by atoms with E-state index in [0.717, 1.165) is 43.5 Å². The predicted molar refractivity (Wildman–Crippen MR) is 86.9 cm³/mol. The average Bonchev–Trinajstić information content (AvgIpc) is 3.25. The summed E-state index contributed by atoms with van der Waals surface area (Å²) in [6, 6.07) is 7.47. The molecule has 6 nitrogen and oxygen atoms in total. The van der Waals surface area contributed by atoms with Gasteiger partial charge in [-0.05, 0) is 49.9 Å². The third-order valence-electron chi connectivity index (χ3n) is 4.26. The van der Waals surface area contributed by atoms with E-state index in [-0.39, 0.29) is 24.0 Å². The quantitative estimate of drug-likeness (QED) is 0.762. The van der Waals surface area contributed by atoms with Crippen molar-refractivity contribution in [2.24, 2.45) is 0 Å². The van der Waals surface area contributed by atoms with Crippen LogP contribution in [0.2, 0.25) is 0 Å². The maximum absolute atomic E-state index is 12.1. The zero-order valence-electron chi connectivity index (χ0n) is 13.1. The molecule has 3 N–H and O–H groups in total. The van der Waals surface area contributed by atoms with Gasteiger partial charge in [0.1, 0.15) is 6.10 Å². The Bertz CT molecular complexity index is 564. The van der Waals surface area contributed by atoms with Crippen molar-refractivity contribution >= 4 is 17.5 Å². The minimum Gasteiger partial charge on any atom is -0.368 e. The number of nitrogens with one attached hydrogen (secondary N) is 3. The van der Waals surface area contributed by atoms with Gasteiger partial charge in [0.05, 0.1) is 6.04 Å². The fraction of sp³-hybridized carbons (Fsp3) is 0.529. The third kappa shape index (κ3) is 4.30. The van der Waals surface area contributed by atoms with Gasteiger partial charge >= 0.3 is 0 Å². The molecule has 2 amide bonds. The molecule has 2 saturated heterocycles. The van der Waals surface area contributed by atoms with Gasteiger partial charge in [-0.3, -0.25) is 9.59 Å². The van der Waals surface area contributed by atoms with E-state index in [1.807, 2.05) is 24.3 Å². The number of benzene rings is 1. The second-order valence-corrected chi connectivity index (χ2v) is 6.06. The first-order valence-corrected chi connectivity index (χ1v) is 8.25. The average molecular weight is 317 g/mol. The SMILES string of the molecule is O=C(NCc1cccc(NC(=O)C2CCCO2)c1)C1CCCN1. The third-order valence-corrected chi connectivity index (χ3v) is 4.26. The van der Waals surface area contributed by atoms with E-state index in [1.165, 1.54) is 0 Å². The first-order valence-electron chi connectivity index (χ1n) is 8.25. The van der Waals surface area contributed by atoms with Crippen LogP contribution in [0, 0.1) is 0 Å². The maximum atomic E-state index is 12.1. The van der Waals surface area contributed by atoms with E-state index in [4.69, 9.17) is 4.74 Å². The van der Waals surface area contributed by atoms with Gasteiger partial charge in [-0.15, -0.1) is 0 Å². The molecule has 2 aliphatic rings. The van der Waals surface area contributed by atoms with E-state index < -0.39 is 0 Å². The summed E-state index contributed by atoms with van der Waals surface area (Å²) >= 11 is 0. The molecule has 2 atom stereocenters. The van der Waals surface area contributed by atoms with Crippen molar-refractivity contribution in [3.8, 4) is 0 Å². The fourth-order valence-corrected chi connectivity index (χ4v) is 2.99. The number of carbonyl (C=O) groups is 2. The molecule has 0 aromatic heterocycles. The number of hydrogen-bond acceptors (Lipinski definition) is 4. The molecule has 23 heavy (non-hydrogen) atoms. The van der Waals surface area contributed by atoms with E-state index in [9.17, 15) is 9.59 Å². The lowest BCUT2D eigenvalue weighted by molar-refractivity contribution is -0.125. The Balaban J connectivity index is 1.52. The minimum absolute atomic E-state index is 0.0382. The number of carbonyl (C=O) groups excluding carboxylic acids is 2. The molecule has 0 saturated carbocycles. The summed E-state index contributed by atoms with van der Waals surface area (Å²) in [5, 5.41) is 8.99. The Morgan fingerprint density at radius 2 is 2.13 bits per heavy atom. The Kier molecular flexibility index (Phi) is 5.25. The summed E-state index contributed by atoms with van der Waals surface area (Å²) in [4.78, 5) is 24.0. The molecule has 124 valence electrons. The topological polar surface area (TPSA) is 79.5 Å². The molecule has 1 aromatic rings. The van der Waals surface area contributed by atoms with Crippen molar-refractivity contribution in [3.05, 3.63) is 29.8 Å². The summed E-state index contributed by atoms with van der Waals surface area (Å²) in [7, 11) is 0. The molecule has 6 heteroatoms. The Labute approximate surface area is 136 Å². The van der Waals surface area contributed by atoms with Crippen LogP contribution in [0.15, 0.2) is 24.3 Å². The number of amides is 2. The lowest BCUT2D eigenvalue weighted by atomic mass is 10.1. The predicted octanol–water partition coefficient (Wildman–Crippen LogP) is 1.17. The normalized spacial score (nSPS) is 23.7. The first-order chi connectivity index (χ1) is 11.2. The monoisotopic (exact) mass is 317 g/mol. The van der Waals surface area contributed by atoms with Gasteiger partial charge in [-0.1, -0.05) is 12.1 Å². The molecule has 0 radical (unpaired) electrons. The molecule has 0 bridgehead atoms. The van der Waals surface area contributed by atoms with Crippen molar-refractivity contribution in [1.29, 1.82) is 0 Å². The van der Waals surface area contributed by atoms with E-state index in [2.05, 4.69) is 16.0 Å². The van der Waals surface area contributed by atoms with Gasteiger partial charge in [0.25, 0.3) is 5.91 Å². The molecular weight excluding hydrogens is 294 g/mol. The highest BCUT2D eigenvalue weighted by Crippen LogP contribution is 2.16. The highest BCUT2D eigenvalue weighted by Gasteiger charge is 2.24. The zero-order chi connectivity index (χ0) is 16.1. The van der Waals surface area contributed by atoms with Crippen molar-refractivity contribution in [2.75, 3.05) is 18.5 Å². The smallest absolute Gasteiger partial charge is 0.253 e. The van der Waals surface area contributed by atoms with Crippen LogP contribution in [0.4, 0.5) is 5.69 Å². The molecule has 2 aliphatic heterocycles. The van der Waals surface area contributed by atoms with Crippen molar-refractivity contribution in [2.45, 2.75) is 44.4 Å². The van der Waals surface area contributed by atoms with Crippen LogP contribution in [0.3, 0.4) is 0 Å². The molecule has 2 fully saturated rings. The summed E-state index contributed by atoms with van der Waals surface area (Å²) in [5.41, 5.74) is 1.69. The lowest BCUT2D eigenvalue weighted by Crippen LogP contribution is -2.40. The second-order valence-electron chi connectivity index (χ2n) is 6.06. The molecule has 1 aromatic carbocycles. The molecule has 0 spiro atoms. The molecule has 2 heterocycles. The number of anilines is 1. The van der Waals surface area contributed by atoms with Crippen LogP contribution >= 0.6 is 0 Å². The second kappa shape index (κ2) is 7.57. The highest BCUT2D eigenvalue weighted by molar-refractivity contribution is 5.94. The van der Waals surface area contributed by atoms with E-state index in [0.29, 0.717) is 13.2 Å². The summed E-state index contributed by atoms with van der Waals surface area (Å²) < 4.78 is 5.38. The van der Waals surface area contributed by atoms with Gasteiger partial charge in [-0.2, -0.15) is 0 Å². The Hall–Kier alpha value is -1.92. The summed E-state index contributed by atoms with van der Waals surface area (Å²) in [6.45, 7) is 2.02. The highest BCUT2D eigenvalue weighted by atomic mass is 16.5. The minimum atomic E-state index is -0.341. The van der Waals surface area contributed by atoms with Gasteiger partial charge < -0.3 is 20.7 Å². The van der Waals surface area contributed by atoms with Crippen molar-refractivity contribution in [3.63, 3.8) is 0 Å². The van der Waals surface area contributed by atoms with Gasteiger partial charge in [0, 0.05) is 18.8 Å². The van der Waals surface area contributed by atoms with Crippen LogP contribution in [-0.4, -0.2) is 37.1 Å². The molecule has 2 unspecified atom stereocenters. The first kappa shape index (κ1) is 16.0. The van der Waals surface area contributed by atoms with Gasteiger partial charge in [-0.25, -0.2) is 0 Å². The Morgan fingerprint density at radius 1 is 1.22 bits per heavy atom. The van der Waals surface area contributed by atoms with Gasteiger partial charge in [0.15, 0.2) is 0 Å². The van der Waals surface area contributed by atoms with Crippen LogP contribution in [0.5, 0.6) is 0 Å². The van der Waals surface area contributed by atoms with E-state index in [1.54, 1.807) is 0 Å². The molecular formula is C17H23N3O3. The summed E-state index contributed by atoms with van der Waals surface area (Å²) in [5.74, 6) is -0.0601. The number of hydrogen-bond donors (Lipinski definition) is 3. The van der Waals surface area contributed by atoms with Crippen molar-refractivity contribution < 1.29 is 14.3 Å². The largest absolute Gasteiger partial charge is 0.368 e. The van der Waals surface area contributed by atoms with Crippen LogP contribution < -0.4 is 16.0 Å². The zero-order valence-corrected chi connectivity index (χ0v) is 13.1. The number of ether oxygens (including phenoxy) is 1. The lowest BCUT2D eigenvalue weighted by Gasteiger charge is -2.13. The van der Waals surface area contributed by atoms with Crippen LogP contribution in [0.25, 0.3) is 0 Å².